The Balaban J connectivity index is 2.07. The summed E-state index contributed by atoms with van der Waals surface area (Å²) >= 11 is 0. The maximum absolute atomic E-state index is 12.1. The van der Waals surface area contributed by atoms with Gasteiger partial charge in [-0.1, -0.05) is 32.0 Å². The molecule has 0 bridgehead atoms. The van der Waals surface area contributed by atoms with Crippen molar-refractivity contribution in [3.05, 3.63) is 29.3 Å². The lowest BCUT2D eigenvalue weighted by Gasteiger charge is -2.18. The molecule has 1 aromatic carbocycles. The first-order chi connectivity index (χ1) is 9.78. The SMILES string of the molecule is Cc1cccc(C(C)C)c1NC(=O)NC1CCS(=O)(=O)C1. The van der Waals surface area contributed by atoms with E-state index in [4.69, 9.17) is 0 Å². The summed E-state index contributed by atoms with van der Waals surface area (Å²) < 4.78 is 22.8. The van der Waals surface area contributed by atoms with E-state index in [1.807, 2.05) is 25.1 Å². The van der Waals surface area contributed by atoms with E-state index in [0.29, 0.717) is 12.3 Å². The Morgan fingerprint density at radius 2 is 2.05 bits per heavy atom. The molecule has 0 radical (unpaired) electrons. The molecule has 6 heteroatoms. The number of sulfone groups is 1. The van der Waals surface area contributed by atoms with Crippen LogP contribution in [0.5, 0.6) is 0 Å². The number of benzene rings is 1. The number of carbonyl (C=O) groups is 1. The van der Waals surface area contributed by atoms with Crippen molar-refractivity contribution < 1.29 is 13.2 Å². The van der Waals surface area contributed by atoms with Crippen LogP contribution in [0.15, 0.2) is 18.2 Å². The zero-order chi connectivity index (χ0) is 15.6. The van der Waals surface area contributed by atoms with E-state index >= 15 is 0 Å². The predicted molar refractivity (Wildman–Crippen MR) is 84.5 cm³/mol. The van der Waals surface area contributed by atoms with Crippen molar-refractivity contribution in [2.24, 2.45) is 0 Å². The van der Waals surface area contributed by atoms with Crippen molar-refractivity contribution in [3.8, 4) is 0 Å². The van der Waals surface area contributed by atoms with Gasteiger partial charge in [0.15, 0.2) is 9.84 Å². The molecule has 2 amide bonds. The van der Waals surface area contributed by atoms with Crippen LogP contribution in [-0.2, 0) is 9.84 Å². The fraction of sp³-hybridized carbons (Fsp3) is 0.533. The minimum absolute atomic E-state index is 0.0330. The molecule has 21 heavy (non-hydrogen) atoms. The lowest BCUT2D eigenvalue weighted by molar-refractivity contribution is 0.249. The van der Waals surface area contributed by atoms with Gasteiger partial charge in [-0.25, -0.2) is 13.2 Å². The van der Waals surface area contributed by atoms with Crippen LogP contribution in [0.25, 0.3) is 0 Å². The Morgan fingerprint density at radius 1 is 1.33 bits per heavy atom. The van der Waals surface area contributed by atoms with E-state index in [9.17, 15) is 13.2 Å². The Bertz CT molecular complexity index is 638. The van der Waals surface area contributed by atoms with Crippen LogP contribution in [0.3, 0.4) is 0 Å². The highest BCUT2D eigenvalue weighted by atomic mass is 32.2. The summed E-state index contributed by atoms with van der Waals surface area (Å²) in [6.45, 7) is 6.09. The van der Waals surface area contributed by atoms with Crippen molar-refractivity contribution >= 4 is 21.6 Å². The third-order valence-corrected chi connectivity index (χ3v) is 5.50. The van der Waals surface area contributed by atoms with Crippen LogP contribution >= 0.6 is 0 Å². The summed E-state index contributed by atoms with van der Waals surface area (Å²) in [5.41, 5.74) is 2.88. The molecular weight excluding hydrogens is 288 g/mol. The third kappa shape index (κ3) is 3.97. The van der Waals surface area contributed by atoms with E-state index in [0.717, 1.165) is 16.8 Å². The molecule has 116 valence electrons. The second-order valence-electron chi connectivity index (χ2n) is 5.89. The average molecular weight is 310 g/mol. The highest BCUT2D eigenvalue weighted by Crippen LogP contribution is 2.27. The molecule has 1 saturated heterocycles. The smallest absolute Gasteiger partial charge is 0.319 e. The minimum atomic E-state index is -2.99. The van der Waals surface area contributed by atoms with Gasteiger partial charge in [-0.2, -0.15) is 0 Å². The van der Waals surface area contributed by atoms with Crippen LogP contribution in [0.2, 0.25) is 0 Å². The molecule has 1 heterocycles. The van der Waals surface area contributed by atoms with Crippen LogP contribution in [0.4, 0.5) is 10.5 Å². The summed E-state index contributed by atoms with van der Waals surface area (Å²) in [6, 6.07) is 5.28. The lowest BCUT2D eigenvalue weighted by Crippen LogP contribution is -2.38. The summed E-state index contributed by atoms with van der Waals surface area (Å²) in [7, 11) is -2.99. The number of amides is 2. The Morgan fingerprint density at radius 3 is 2.62 bits per heavy atom. The van der Waals surface area contributed by atoms with Gasteiger partial charge >= 0.3 is 6.03 Å². The van der Waals surface area contributed by atoms with Gasteiger partial charge in [0.1, 0.15) is 0 Å². The normalized spacial score (nSPS) is 20.5. The van der Waals surface area contributed by atoms with E-state index in [1.54, 1.807) is 0 Å². The van der Waals surface area contributed by atoms with E-state index < -0.39 is 9.84 Å². The second-order valence-corrected chi connectivity index (χ2v) is 8.12. The molecule has 1 aliphatic rings. The minimum Gasteiger partial charge on any atom is -0.334 e. The monoisotopic (exact) mass is 310 g/mol. The molecule has 1 aliphatic heterocycles. The Hall–Kier alpha value is -1.56. The number of para-hydroxylation sites is 1. The van der Waals surface area contributed by atoms with Gasteiger partial charge in [-0.15, -0.1) is 0 Å². The average Bonchev–Trinajstić information content (AvgIpc) is 2.70. The van der Waals surface area contributed by atoms with Crippen molar-refractivity contribution in [2.45, 2.75) is 39.2 Å². The van der Waals surface area contributed by atoms with Crippen LogP contribution < -0.4 is 10.6 Å². The molecule has 5 nitrogen and oxygen atoms in total. The molecule has 0 spiro atoms. The second kappa shape index (κ2) is 6.05. The molecule has 1 unspecified atom stereocenters. The van der Waals surface area contributed by atoms with Crippen molar-refractivity contribution in [1.82, 2.24) is 5.32 Å². The van der Waals surface area contributed by atoms with Crippen molar-refractivity contribution in [2.75, 3.05) is 16.8 Å². The molecule has 2 N–H and O–H groups in total. The van der Waals surface area contributed by atoms with E-state index in [1.165, 1.54) is 0 Å². The molecular formula is C15H22N2O3S. The predicted octanol–water partition coefficient (Wildman–Crippen LogP) is 2.43. The molecule has 2 rings (SSSR count). The zero-order valence-electron chi connectivity index (χ0n) is 12.6. The maximum Gasteiger partial charge on any atom is 0.319 e. The number of anilines is 1. The quantitative estimate of drug-likeness (QED) is 0.900. The molecule has 1 aromatic rings. The van der Waals surface area contributed by atoms with Gasteiger partial charge in [-0.3, -0.25) is 0 Å². The number of aryl methyl sites for hydroxylation is 1. The first-order valence-corrected chi connectivity index (χ1v) is 8.98. The summed E-state index contributed by atoms with van der Waals surface area (Å²) in [5.74, 6) is 0.484. The first-order valence-electron chi connectivity index (χ1n) is 7.16. The Labute approximate surface area is 126 Å². The largest absolute Gasteiger partial charge is 0.334 e. The summed E-state index contributed by atoms with van der Waals surface area (Å²) in [5, 5.41) is 5.62. The number of carbonyl (C=O) groups excluding carboxylic acids is 1. The summed E-state index contributed by atoms with van der Waals surface area (Å²) in [6.07, 6.45) is 0.487. The fourth-order valence-electron chi connectivity index (χ4n) is 2.59. The van der Waals surface area contributed by atoms with Crippen LogP contribution in [0.1, 0.15) is 37.3 Å². The molecule has 1 atom stereocenters. The first kappa shape index (κ1) is 15.8. The van der Waals surface area contributed by atoms with Gasteiger partial charge in [0.05, 0.1) is 11.5 Å². The topological polar surface area (TPSA) is 75.3 Å². The number of hydrogen-bond acceptors (Lipinski definition) is 3. The van der Waals surface area contributed by atoms with Gasteiger partial charge in [-0.05, 0) is 30.4 Å². The number of urea groups is 1. The van der Waals surface area contributed by atoms with Crippen molar-refractivity contribution in [1.29, 1.82) is 0 Å². The van der Waals surface area contributed by atoms with Gasteiger partial charge in [0.25, 0.3) is 0 Å². The maximum atomic E-state index is 12.1. The molecule has 0 saturated carbocycles. The lowest BCUT2D eigenvalue weighted by atomic mass is 9.98. The molecule has 0 aromatic heterocycles. The van der Waals surface area contributed by atoms with Gasteiger partial charge in [0, 0.05) is 11.7 Å². The highest BCUT2D eigenvalue weighted by molar-refractivity contribution is 7.91. The number of nitrogens with one attached hydrogen (secondary N) is 2. The number of rotatable bonds is 3. The van der Waals surface area contributed by atoms with Crippen LogP contribution in [0, 0.1) is 6.92 Å². The summed E-state index contributed by atoms with van der Waals surface area (Å²) in [4.78, 5) is 12.1. The zero-order valence-corrected chi connectivity index (χ0v) is 13.5. The van der Waals surface area contributed by atoms with E-state index in [2.05, 4.69) is 24.5 Å². The van der Waals surface area contributed by atoms with Gasteiger partial charge in [0.2, 0.25) is 0 Å². The van der Waals surface area contributed by atoms with E-state index in [-0.39, 0.29) is 23.6 Å². The number of hydrogen-bond donors (Lipinski definition) is 2. The standard InChI is InChI=1S/C15H22N2O3S/c1-10(2)13-6-4-5-11(3)14(13)17-15(18)16-12-7-8-21(19,20)9-12/h4-6,10,12H,7-9H2,1-3H3,(H2,16,17,18). The fourth-order valence-corrected chi connectivity index (χ4v) is 4.26. The third-order valence-electron chi connectivity index (χ3n) is 3.73. The van der Waals surface area contributed by atoms with Crippen LogP contribution in [-0.4, -0.2) is 32.0 Å². The van der Waals surface area contributed by atoms with Crippen molar-refractivity contribution in [3.63, 3.8) is 0 Å². The Kier molecular flexibility index (Phi) is 4.56. The molecule has 0 aliphatic carbocycles. The van der Waals surface area contributed by atoms with Gasteiger partial charge < -0.3 is 10.6 Å². The molecule has 1 fully saturated rings. The highest BCUT2D eigenvalue weighted by Gasteiger charge is 2.29.